The van der Waals surface area contributed by atoms with Crippen LogP contribution in [-0.4, -0.2) is 48.3 Å². The molecule has 0 bridgehead atoms. The molecule has 0 atom stereocenters. The van der Waals surface area contributed by atoms with Crippen LogP contribution < -0.4 is 17.7 Å². The normalized spacial score (nSPS) is 11.2. The molecule has 6 heteroatoms. The van der Waals surface area contributed by atoms with Gasteiger partial charge in [-0.1, -0.05) is 38.7 Å². The average Bonchev–Trinajstić information content (AvgIpc) is 2.75. The lowest BCUT2D eigenvalue weighted by Gasteiger charge is -2.29. The number of rotatable bonds is 13. The lowest BCUT2D eigenvalue weighted by atomic mass is 10.1. The Morgan fingerprint density at radius 2 is 1.66 bits per heavy atom. The Kier molecular flexibility index (Phi) is 12.5. The third-order valence-corrected chi connectivity index (χ3v) is 5.24. The van der Waals surface area contributed by atoms with Crippen molar-refractivity contribution < 1.29 is 26.5 Å². The zero-order valence-corrected chi connectivity index (χ0v) is 20.3. The number of nitrogens with zero attached hydrogens (tertiary/aromatic N) is 2. The zero-order chi connectivity index (χ0) is 22.5. The van der Waals surface area contributed by atoms with Gasteiger partial charge in [0.25, 0.3) is 5.91 Å². The minimum Gasteiger partial charge on any atom is -1.00 e. The van der Waals surface area contributed by atoms with Gasteiger partial charge in [0.05, 0.1) is 26.3 Å². The van der Waals surface area contributed by atoms with Crippen LogP contribution in [0.3, 0.4) is 0 Å². The average molecular weight is 458 g/mol. The predicted octanol–water partition coefficient (Wildman–Crippen LogP) is 2.36. The molecule has 5 nitrogen and oxygen atoms in total. The van der Waals surface area contributed by atoms with Crippen molar-refractivity contribution >= 4 is 23.5 Å². The number of nitrogens with one attached hydrogen (secondary N) is 1. The molecule has 1 aromatic carbocycles. The summed E-state index contributed by atoms with van der Waals surface area (Å²) in [5, 5.41) is 2.95. The van der Waals surface area contributed by atoms with Gasteiger partial charge in [-0.3, -0.25) is 14.6 Å². The Labute approximate surface area is 198 Å². The number of carbonyl (C=O) groups excluding carboxylic acids is 2. The number of halogens is 1. The Bertz CT molecular complexity index is 849. The second-order valence-corrected chi connectivity index (χ2v) is 8.66. The van der Waals surface area contributed by atoms with Gasteiger partial charge in [-0.2, -0.15) is 0 Å². The van der Waals surface area contributed by atoms with Crippen molar-refractivity contribution in [2.24, 2.45) is 0 Å². The number of amides is 1. The highest BCUT2D eigenvalue weighted by Crippen LogP contribution is 2.13. The lowest BCUT2D eigenvalue weighted by Crippen LogP contribution is -3.00. The molecule has 0 saturated carbocycles. The molecule has 2 rings (SSSR count). The molecular formula is C26H36ClN3O2. The van der Waals surface area contributed by atoms with E-state index in [9.17, 15) is 9.59 Å². The predicted molar refractivity (Wildman–Crippen MR) is 128 cm³/mol. The number of hydrogen-bond acceptors (Lipinski definition) is 3. The summed E-state index contributed by atoms with van der Waals surface area (Å²) in [6.45, 7) is 3.66. The molecule has 0 spiro atoms. The van der Waals surface area contributed by atoms with Crippen LogP contribution in [0.1, 0.15) is 61.5 Å². The van der Waals surface area contributed by atoms with Gasteiger partial charge in [0.15, 0.2) is 12.3 Å². The minimum atomic E-state index is -0.0970. The van der Waals surface area contributed by atoms with Gasteiger partial charge in [-0.15, -0.1) is 0 Å². The van der Waals surface area contributed by atoms with E-state index in [0.29, 0.717) is 22.3 Å². The summed E-state index contributed by atoms with van der Waals surface area (Å²) in [5.41, 5.74) is 2.01. The first-order valence-corrected chi connectivity index (χ1v) is 11.2. The minimum absolute atomic E-state index is 0. The Morgan fingerprint density at radius 3 is 2.31 bits per heavy atom. The summed E-state index contributed by atoms with van der Waals surface area (Å²) < 4.78 is 0.675. The summed E-state index contributed by atoms with van der Waals surface area (Å²) in [5.74, 6) is -0.106. The van der Waals surface area contributed by atoms with E-state index in [1.54, 1.807) is 36.5 Å². The molecule has 1 N–H and O–H groups in total. The second-order valence-electron chi connectivity index (χ2n) is 8.66. The fourth-order valence-electron chi connectivity index (χ4n) is 3.44. The molecule has 0 saturated heterocycles. The molecule has 32 heavy (non-hydrogen) atoms. The standard InChI is InChI=1S/C26H35N3O2.ClH/c1-4-5-6-7-8-11-20-29(2,3)21-26(31)28-24-15-13-22(14-16-24)25(30)18-17-23-12-9-10-19-27-23;/h9-10,12-19H,4-8,11,20-21H2,1-3H3;1H/b18-17+;. The van der Waals surface area contributed by atoms with Crippen LogP contribution in [0.5, 0.6) is 0 Å². The van der Waals surface area contributed by atoms with E-state index in [1.807, 2.05) is 18.2 Å². The number of allylic oxidation sites excluding steroid dienone is 1. The molecule has 174 valence electrons. The fourth-order valence-corrected chi connectivity index (χ4v) is 3.44. The van der Waals surface area contributed by atoms with Crippen LogP contribution in [0.2, 0.25) is 0 Å². The van der Waals surface area contributed by atoms with Crippen LogP contribution in [-0.2, 0) is 4.79 Å². The van der Waals surface area contributed by atoms with Crippen LogP contribution in [0.4, 0.5) is 5.69 Å². The van der Waals surface area contributed by atoms with Gasteiger partial charge >= 0.3 is 0 Å². The van der Waals surface area contributed by atoms with E-state index in [4.69, 9.17) is 0 Å². The van der Waals surface area contributed by atoms with Gasteiger partial charge < -0.3 is 22.2 Å². The number of unbranched alkanes of at least 4 members (excludes halogenated alkanes) is 5. The summed E-state index contributed by atoms with van der Waals surface area (Å²) in [6.07, 6.45) is 12.4. The first-order valence-electron chi connectivity index (χ1n) is 11.2. The molecule has 2 aromatic rings. The third kappa shape index (κ3) is 10.7. The van der Waals surface area contributed by atoms with Crippen molar-refractivity contribution in [3.63, 3.8) is 0 Å². The first kappa shape index (κ1) is 27.5. The van der Waals surface area contributed by atoms with Crippen LogP contribution in [0, 0.1) is 0 Å². The number of ketones is 1. The number of hydrogen-bond donors (Lipinski definition) is 1. The van der Waals surface area contributed by atoms with E-state index in [1.165, 1.54) is 38.2 Å². The molecule has 0 aliphatic heterocycles. The summed E-state index contributed by atoms with van der Waals surface area (Å²) in [6, 6.07) is 12.6. The van der Waals surface area contributed by atoms with E-state index in [0.717, 1.165) is 18.7 Å². The van der Waals surface area contributed by atoms with Gasteiger partial charge in [0.2, 0.25) is 0 Å². The van der Waals surface area contributed by atoms with Crippen molar-refractivity contribution in [3.8, 4) is 0 Å². The van der Waals surface area contributed by atoms with E-state index in [2.05, 4.69) is 31.3 Å². The number of aromatic nitrogens is 1. The molecule has 1 aromatic heterocycles. The monoisotopic (exact) mass is 457 g/mol. The topological polar surface area (TPSA) is 59.1 Å². The molecule has 1 amide bonds. The molecule has 0 unspecified atom stereocenters. The smallest absolute Gasteiger partial charge is 0.279 e. The highest BCUT2D eigenvalue weighted by molar-refractivity contribution is 6.07. The lowest BCUT2D eigenvalue weighted by molar-refractivity contribution is -0.882. The maximum atomic E-state index is 12.5. The van der Waals surface area contributed by atoms with Crippen LogP contribution in [0.15, 0.2) is 54.7 Å². The SMILES string of the molecule is CCCCCCCC[N+](C)(C)CC(=O)Nc1ccc(C(=O)/C=C/c2ccccn2)cc1.[Cl-]. The highest BCUT2D eigenvalue weighted by atomic mass is 35.5. The maximum Gasteiger partial charge on any atom is 0.279 e. The van der Waals surface area contributed by atoms with Crippen molar-refractivity contribution in [2.75, 3.05) is 32.5 Å². The third-order valence-electron chi connectivity index (χ3n) is 5.24. The van der Waals surface area contributed by atoms with E-state index >= 15 is 0 Å². The highest BCUT2D eigenvalue weighted by Gasteiger charge is 2.19. The summed E-state index contributed by atoms with van der Waals surface area (Å²) in [7, 11) is 4.20. The van der Waals surface area contributed by atoms with Gasteiger partial charge in [-0.05, 0) is 61.4 Å². The van der Waals surface area contributed by atoms with Crippen molar-refractivity contribution in [2.45, 2.75) is 45.4 Å². The Morgan fingerprint density at radius 1 is 0.969 bits per heavy atom. The maximum absolute atomic E-state index is 12.5. The van der Waals surface area contributed by atoms with Gasteiger partial charge in [0, 0.05) is 17.4 Å². The fraction of sp³-hybridized carbons (Fsp3) is 0.423. The molecule has 1 heterocycles. The number of benzene rings is 1. The quantitative estimate of drug-likeness (QED) is 0.217. The molecule has 0 fully saturated rings. The molecule has 0 radical (unpaired) electrons. The first-order chi connectivity index (χ1) is 14.9. The zero-order valence-electron chi connectivity index (χ0n) is 19.5. The second kappa shape index (κ2) is 14.5. The molecule has 0 aliphatic carbocycles. The van der Waals surface area contributed by atoms with E-state index < -0.39 is 0 Å². The number of carbonyl (C=O) groups is 2. The van der Waals surface area contributed by atoms with Gasteiger partial charge in [-0.25, -0.2) is 0 Å². The van der Waals surface area contributed by atoms with Crippen molar-refractivity contribution in [1.29, 1.82) is 0 Å². The largest absolute Gasteiger partial charge is 1.00 e. The Balaban J connectivity index is 0.00000512. The van der Waals surface area contributed by atoms with Crippen LogP contribution in [0.25, 0.3) is 6.08 Å². The number of anilines is 1. The number of likely N-dealkylation sites (N-methyl/N-ethyl adjacent to an activating group) is 1. The Hall–Kier alpha value is -2.50. The van der Waals surface area contributed by atoms with Crippen molar-refractivity contribution in [1.82, 2.24) is 4.98 Å². The van der Waals surface area contributed by atoms with Crippen LogP contribution >= 0.6 is 0 Å². The van der Waals surface area contributed by atoms with E-state index in [-0.39, 0.29) is 24.1 Å². The van der Waals surface area contributed by atoms with Crippen molar-refractivity contribution in [3.05, 3.63) is 66.0 Å². The number of pyridine rings is 1. The van der Waals surface area contributed by atoms with Gasteiger partial charge in [0.1, 0.15) is 0 Å². The summed E-state index contributed by atoms with van der Waals surface area (Å²) >= 11 is 0. The number of quaternary nitrogens is 1. The molecular weight excluding hydrogens is 422 g/mol. The molecule has 0 aliphatic rings. The summed E-state index contributed by atoms with van der Waals surface area (Å²) in [4.78, 5) is 29.0.